The molecule has 0 aromatic carbocycles. The van der Waals surface area contributed by atoms with Crippen molar-refractivity contribution in [3.05, 3.63) is 47.5 Å². The highest BCUT2D eigenvalue weighted by molar-refractivity contribution is 5.19. The summed E-state index contributed by atoms with van der Waals surface area (Å²) in [4.78, 5) is 4.17. The van der Waals surface area contributed by atoms with Crippen LogP contribution in [0.5, 0.6) is 0 Å². The summed E-state index contributed by atoms with van der Waals surface area (Å²) in [5.41, 5.74) is 9.56. The molecule has 2 rings (SSSR count). The van der Waals surface area contributed by atoms with Crippen LogP contribution in [0.3, 0.4) is 0 Å². The van der Waals surface area contributed by atoms with Crippen molar-refractivity contribution in [3.63, 3.8) is 0 Å². The Bertz CT molecular complexity index is 490. The third-order valence-electron chi connectivity index (χ3n) is 2.85. The molecule has 4 heteroatoms. The maximum atomic E-state index is 6.16. The number of pyridine rings is 1. The Kier molecular flexibility index (Phi) is 3.54. The van der Waals surface area contributed by atoms with Gasteiger partial charge in [0, 0.05) is 31.2 Å². The lowest BCUT2D eigenvalue weighted by molar-refractivity contribution is 0.649. The van der Waals surface area contributed by atoms with Gasteiger partial charge in [0.2, 0.25) is 0 Å². The molecular formula is C13H18N4. The summed E-state index contributed by atoms with van der Waals surface area (Å²) >= 11 is 0. The molecule has 2 heterocycles. The molecule has 0 spiro atoms. The Labute approximate surface area is 101 Å². The molecule has 2 aromatic rings. The Balaban J connectivity index is 1.95. The number of aromatic nitrogens is 3. The van der Waals surface area contributed by atoms with Gasteiger partial charge in [-0.3, -0.25) is 9.67 Å². The molecule has 0 aliphatic heterocycles. The molecule has 4 nitrogen and oxygen atoms in total. The van der Waals surface area contributed by atoms with Crippen LogP contribution in [0.25, 0.3) is 0 Å². The van der Waals surface area contributed by atoms with E-state index in [0.717, 1.165) is 24.1 Å². The fourth-order valence-corrected chi connectivity index (χ4v) is 1.89. The van der Waals surface area contributed by atoms with Crippen LogP contribution >= 0.6 is 0 Å². The van der Waals surface area contributed by atoms with E-state index in [1.165, 1.54) is 5.56 Å². The molecular weight excluding hydrogens is 212 g/mol. The molecule has 0 aliphatic rings. The Hall–Kier alpha value is -1.68. The van der Waals surface area contributed by atoms with E-state index in [-0.39, 0.29) is 6.04 Å². The highest BCUT2D eigenvalue weighted by atomic mass is 15.2. The molecule has 0 saturated heterocycles. The van der Waals surface area contributed by atoms with Crippen LogP contribution in [0.4, 0.5) is 0 Å². The summed E-state index contributed by atoms with van der Waals surface area (Å²) in [5.74, 6) is 0. The first-order chi connectivity index (χ1) is 8.15. The molecule has 1 atom stereocenters. The predicted molar refractivity (Wildman–Crippen MR) is 67.4 cm³/mol. The van der Waals surface area contributed by atoms with E-state index in [4.69, 9.17) is 5.73 Å². The summed E-state index contributed by atoms with van der Waals surface area (Å²) < 4.78 is 1.82. The fraction of sp³-hybridized carbons (Fsp3) is 0.385. The van der Waals surface area contributed by atoms with Crippen molar-refractivity contribution in [3.8, 4) is 0 Å². The first-order valence-corrected chi connectivity index (χ1v) is 5.81. The van der Waals surface area contributed by atoms with Crippen LogP contribution in [0.15, 0.2) is 30.7 Å². The third-order valence-corrected chi connectivity index (χ3v) is 2.85. The van der Waals surface area contributed by atoms with Crippen molar-refractivity contribution in [1.82, 2.24) is 14.8 Å². The molecule has 2 N–H and O–H groups in total. The van der Waals surface area contributed by atoms with E-state index in [2.05, 4.69) is 10.1 Å². The van der Waals surface area contributed by atoms with Gasteiger partial charge in [-0.25, -0.2) is 0 Å². The Morgan fingerprint density at radius 1 is 1.47 bits per heavy atom. The van der Waals surface area contributed by atoms with Crippen LogP contribution in [0.1, 0.15) is 29.3 Å². The second-order valence-electron chi connectivity index (χ2n) is 4.40. The molecule has 0 bridgehead atoms. The highest BCUT2D eigenvalue weighted by Gasteiger charge is 2.07. The minimum absolute atomic E-state index is 0.0666. The minimum atomic E-state index is 0.0666. The number of nitrogens with two attached hydrogens (primary N) is 1. The zero-order valence-electron chi connectivity index (χ0n) is 10.3. The lowest BCUT2D eigenvalue weighted by atomic mass is 10.0. The summed E-state index contributed by atoms with van der Waals surface area (Å²) in [6, 6.07) is 4.10. The van der Waals surface area contributed by atoms with Crippen LogP contribution in [0.2, 0.25) is 0 Å². The molecule has 0 saturated carbocycles. The van der Waals surface area contributed by atoms with Crippen molar-refractivity contribution < 1.29 is 0 Å². The average Bonchev–Trinajstić information content (AvgIpc) is 2.72. The van der Waals surface area contributed by atoms with Crippen molar-refractivity contribution in [2.45, 2.75) is 25.8 Å². The monoisotopic (exact) mass is 230 g/mol. The topological polar surface area (TPSA) is 56.7 Å². The number of hydrogen-bond donors (Lipinski definition) is 1. The zero-order valence-corrected chi connectivity index (χ0v) is 10.3. The van der Waals surface area contributed by atoms with Gasteiger partial charge in [0.25, 0.3) is 0 Å². The van der Waals surface area contributed by atoms with Crippen molar-refractivity contribution in [2.75, 3.05) is 0 Å². The lowest BCUT2D eigenvalue weighted by Gasteiger charge is -2.11. The van der Waals surface area contributed by atoms with Gasteiger partial charge in [0.05, 0.1) is 6.20 Å². The van der Waals surface area contributed by atoms with E-state index >= 15 is 0 Å². The Morgan fingerprint density at radius 3 is 2.94 bits per heavy atom. The minimum Gasteiger partial charge on any atom is -0.324 e. The second kappa shape index (κ2) is 5.10. The number of rotatable bonds is 4. The molecule has 1 unspecified atom stereocenters. The molecule has 90 valence electrons. The van der Waals surface area contributed by atoms with Gasteiger partial charge >= 0.3 is 0 Å². The molecule has 0 radical (unpaired) electrons. The highest BCUT2D eigenvalue weighted by Crippen LogP contribution is 2.16. The predicted octanol–water partition coefficient (Wildman–Crippen LogP) is 1.76. The molecule has 17 heavy (non-hydrogen) atoms. The van der Waals surface area contributed by atoms with Gasteiger partial charge in [-0.2, -0.15) is 5.10 Å². The van der Waals surface area contributed by atoms with E-state index in [9.17, 15) is 0 Å². The van der Waals surface area contributed by atoms with Crippen molar-refractivity contribution >= 4 is 0 Å². The van der Waals surface area contributed by atoms with Gasteiger partial charge in [-0.05, 0) is 43.0 Å². The van der Waals surface area contributed by atoms with Crippen LogP contribution in [0, 0.1) is 6.92 Å². The summed E-state index contributed by atoms with van der Waals surface area (Å²) in [6.07, 6.45) is 7.62. The largest absolute Gasteiger partial charge is 0.324 e. The van der Waals surface area contributed by atoms with Gasteiger partial charge < -0.3 is 5.73 Å². The molecule has 0 amide bonds. The van der Waals surface area contributed by atoms with Crippen LogP contribution in [-0.4, -0.2) is 14.8 Å². The van der Waals surface area contributed by atoms with E-state index in [0.29, 0.717) is 0 Å². The average molecular weight is 230 g/mol. The zero-order chi connectivity index (χ0) is 12.3. The van der Waals surface area contributed by atoms with Gasteiger partial charge in [0.1, 0.15) is 0 Å². The first-order valence-electron chi connectivity index (χ1n) is 5.81. The SMILES string of the molecule is Cc1cc(C(N)CCc2cnn(C)c2)ccn1. The Morgan fingerprint density at radius 2 is 2.29 bits per heavy atom. The molecule has 2 aromatic heterocycles. The first kappa shape index (κ1) is 11.8. The summed E-state index contributed by atoms with van der Waals surface area (Å²) in [5, 5.41) is 4.15. The normalized spacial score (nSPS) is 12.6. The third kappa shape index (κ3) is 3.14. The van der Waals surface area contributed by atoms with Crippen molar-refractivity contribution in [2.24, 2.45) is 12.8 Å². The standard InChI is InChI=1S/C13H18N4/c1-10-7-12(5-6-15-10)13(14)4-3-11-8-16-17(2)9-11/h5-9,13H,3-4,14H2,1-2H3. The fourth-order valence-electron chi connectivity index (χ4n) is 1.89. The van der Waals surface area contributed by atoms with Crippen molar-refractivity contribution in [1.29, 1.82) is 0 Å². The van der Waals surface area contributed by atoms with E-state index in [1.54, 1.807) is 0 Å². The quantitative estimate of drug-likeness (QED) is 0.870. The molecule has 0 aliphatic carbocycles. The maximum Gasteiger partial charge on any atom is 0.0521 e. The number of hydrogen-bond acceptors (Lipinski definition) is 3. The van der Waals surface area contributed by atoms with Gasteiger partial charge in [0.15, 0.2) is 0 Å². The van der Waals surface area contributed by atoms with Gasteiger partial charge in [-0.1, -0.05) is 0 Å². The van der Waals surface area contributed by atoms with Crippen LogP contribution < -0.4 is 5.73 Å². The summed E-state index contributed by atoms with van der Waals surface area (Å²) in [6.45, 7) is 1.98. The van der Waals surface area contributed by atoms with E-state index < -0.39 is 0 Å². The van der Waals surface area contributed by atoms with E-state index in [1.807, 2.05) is 49.4 Å². The van der Waals surface area contributed by atoms with Crippen LogP contribution in [-0.2, 0) is 13.5 Å². The smallest absolute Gasteiger partial charge is 0.0521 e. The summed E-state index contributed by atoms with van der Waals surface area (Å²) in [7, 11) is 1.93. The maximum absolute atomic E-state index is 6.16. The van der Waals surface area contributed by atoms with Gasteiger partial charge in [-0.15, -0.1) is 0 Å². The lowest BCUT2D eigenvalue weighted by Crippen LogP contribution is -2.11. The number of aryl methyl sites for hydroxylation is 3. The number of nitrogens with zero attached hydrogens (tertiary/aromatic N) is 3. The molecule has 0 fully saturated rings. The second-order valence-corrected chi connectivity index (χ2v) is 4.40.